The van der Waals surface area contributed by atoms with Crippen LogP contribution in [0.1, 0.15) is 37.7 Å². The van der Waals surface area contributed by atoms with E-state index in [1.165, 1.54) is 24.9 Å². The molecule has 5 nitrogen and oxygen atoms in total. The van der Waals surface area contributed by atoms with Gasteiger partial charge in [0.2, 0.25) is 11.8 Å². The minimum Gasteiger partial charge on any atom is -0.372 e. The Morgan fingerprint density at radius 1 is 1.17 bits per heavy atom. The Kier molecular flexibility index (Phi) is 5.16. The van der Waals surface area contributed by atoms with E-state index in [1.54, 1.807) is 0 Å². The van der Waals surface area contributed by atoms with Crippen molar-refractivity contribution in [1.82, 2.24) is 10.6 Å². The van der Waals surface area contributed by atoms with Gasteiger partial charge in [0, 0.05) is 38.3 Å². The number of carbonyl (C=O) groups excluding carboxylic acids is 2. The first-order valence-electron chi connectivity index (χ1n) is 8.61. The first kappa shape index (κ1) is 15.8. The molecular formula is C18H25N3O2. The summed E-state index contributed by atoms with van der Waals surface area (Å²) in [7, 11) is 0. The number of nitrogens with one attached hydrogen (secondary N) is 2. The largest absolute Gasteiger partial charge is 0.372 e. The lowest BCUT2D eigenvalue weighted by molar-refractivity contribution is -0.129. The quantitative estimate of drug-likeness (QED) is 0.891. The lowest BCUT2D eigenvalue weighted by Gasteiger charge is -2.28. The maximum absolute atomic E-state index is 12.1. The molecule has 0 spiro atoms. The second-order valence-electron chi connectivity index (χ2n) is 6.47. The van der Waals surface area contributed by atoms with E-state index >= 15 is 0 Å². The Balaban J connectivity index is 1.48. The third-order valence-corrected chi connectivity index (χ3v) is 4.76. The van der Waals surface area contributed by atoms with Crippen LogP contribution in [0.15, 0.2) is 24.3 Å². The van der Waals surface area contributed by atoms with Gasteiger partial charge in [-0.25, -0.2) is 0 Å². The first-order valence-corrected chi connectivity index (χ1v) is 8.61. The summed E-state index contributed by atoms with van der Waals surface area (Å²) >= 11 is 0. The highest BCUT2D eigenvalue weighted by atomic mass is 16.2. The Morgan fingerprint density at radius 3 is 2.57 bits per heavy atom. The summed E-state index contributed by atoms with van der Waals surface area (Å²) in [5, 5.41) is 5.73. The highest BCUT2D eigenvalue weighted by molar-refractivity contribution is 5.83. The molecule has 2 aliphatic heterocycles. The van der Waals surface area contributed by atoms with Crippen LogP contribution in [0.25, 0.3) is 0 Å². The molecule has 1 aromatic carbocycles. The number of rotatable bonds is 4. The van der Waals surface area contributed by atoms with E-state index in [9.17, 15) is 9.59 Å². The molecule has 0 radical (unpaired) electrons. The van der Waals surface area contributed by atoms with E-state index in [2.05, 4.69) is 39.8 Å². The molecule has 2 aliphatic rings. The average Bonchev–Trinajstić information content (AvgIpc) is 2.61. The van der Waals surface area contributed by atoms with Gasteiger partial charge in [0.05, 0.1) is 5.92 Å². The van der Waals surface area contributed by atoms with Gasteiger partial charge in [0.1, 0.15) is 0 Å². The second-order valence-corrected chi connectivity index (χ2v) is 6.47. The molecule has 2 heterocycles. The number of benzene rings is 1. The molecule has 5 heteroatoms. The van der Waals surface area contributed by atoms with Gasteiger partial charge in [-0.2, -0.15) is 0 Å². The zero-order valence-corrected chi connectivity index (χ0v) is 13.5. The summed E-state index contributed by atoms with van der Waals surface area (Å²) in [6.45, 7) is 3.29. The second kappa shape index (κ2) is 7.49. The predicted octanol–water partition coefficient (Wildman–Crippen LogP) is 1.82. The van der Waals surface area contributed by atoms with Gasteiger partial charge >= 0.3 is 0 Å². The van der Waals surface area contributed by atoms with Crippen molar-refractivity contribution in [3.05, 3.63) is 29.8 Å². The van der Waals surface area contributed by atoms with Crippen molar-refractivity contribution in [2.45, 2.75) is 38.6 Å². The zero-order valence-electron chi connectivity index (χ0n) is 13.5. The molecule has 0 aromatic heterocycles. The van der Waals surface area contributed by atoms with Gasteiger partial charge < -0.3 is 15.5 Å². The van der Waals surface area contributed by atoms with E-state index in [-0.39, 0.29) is 17.7 Å². The SMILES string of the molecule is O=C1CC[C@H](C(=O)NCc2ccc(N3CCCCC3)cc2)CN1. The number of hydrogen-bond acceptors (Lipinski definition) is 3. The molecule has 2 fully saturated rings. The molecule has 0 unspecified atom stereocenters. The lowest BCUT2D eigenvalue weighted by Crippen LogP contribution is -2.42. The summed E-state index contributed by atoms with van der Waals surface area (Å²) in [4.78, 5) is 25.7. The van der Waals surface area contributed by atoms with Gasteiger partial charge in [-0.05, 0) is 43.4 Å². The van der Waals surface area contributed by atoms with Crippen molar-refractivity contribution in [1.29, 1.82) is 0 Å². The minimum absolute atomic E-state index is 0.0325. The van der Waals surface area contributed by atoms with Crippen LogP contribution in [0, 0.1) is 5.92 Å². The number of hydrogen-bond donors (Lipinski definition) is 2. The van der Waals surface area contributed by atoms with Gasteiger partial charge in [0.15, 0.2) is 0 Å². The Labute approximate surface area is 137 Å². The molecule has 1 atom stereocenters. The van der Waals surface area contributed by atoms with E-state index in [0.29, 0.717) is 25.9 Å². The van der Waals surface area contributed by atoms with Crippen LogP contribution >= 0.6 is 0 Å². The van der Waals surface area contributed by atoms with Gasteiger partial charge in [-0.1, -0.05) is 12.1 Å². The maximum Gasteiger partial charge on any atom is 0.225 e. The maximum atomic E-state index is 12.1. The topological polar surface area (TPSA) is 61.4 Å². The standard InChI is InChI=1S/C18H25N3O2/c22-17-9-6-15(13-19-17)18(23)20-12-14-4-7-16(8-5-14)21-10-2-1-3-11-21/h4-5,7-8,15H,1-3,6,9-13H2,(H,19,22)(H,20,23)/t15-/m0/s1. The number of amides is 2. The van der Waals surface area contributed by atoms with E-state index in [0.717, 1.165) is 18.7 Å². The van der Waals surface area contributed by atoms with Crippen molar-refractivity contribution < 1.29 is 9.59 Å². The highest BCUT2D eigenvalue weighted by Crippen LogP contribution is 2.20. The van der Waals surface area contributed by atoms with Crippen LogP contribution in [0.4, 0.5) is 5.69 Å². The molecule has 124 valence electrons. The molecule has 3 rings (SSSR count). The normalized spacial score (nSPS) is 21.7. The molecular weight excluding hydrogens is 290 g/mol. The van der Waals surface area contributed by atoms with Crippen LogP contribution in [0.2, 0.25) is 0 Å². The van der Waals surface area contributed by atoms with Gasteiger partial charge in [0.25, 0.3) is 0 Å². The monoisotopic (exact) mass is 315 g/mol. The fourth-order valence-electron chi connectivity index (χ4n) is 3.27. The lowest BCUT2D eigenvalue weighted by atomic mass is 9.98. The van der Waals surface area contributed by atoms with Crippen molar-refractivity contribution >= 4 is 17.5 Å². The fraction of sp³-hybridized carbons (Fsp3) is 0.556. The van der Waals surface area contributed by atoms with Crippen molar-refractivity contribution in [3.63, 3.8) is 0 Å². The third-order valence-electron chi connectivity index (χ3n) is 4.76. The number of piperidine rings is 2. The molecule has 2 saturated heterocycles. The molecule has 23 heavy (non-hydrogen) atoms. The molecule has 0 bridgehead atoms. The van der Waals surface area contributed by atoms with Crippen LogP contribution in [0.3, 0.4) is 0 Å². The Hall–Kier alpha value is -2.04. The average molecular weight is 315 g/mol. The van der Waals surface area contributed by atoms with Gasteiger partial charge in [-0.15, -0.1) is 0 Å². The van der Waals surface area contributed by atoms with Crippen LogP contribution in [-0.4, -0.2) is 31.4 Å². The molecule has 0 aliphatic carbocycles. The van der Waals surface area contributed by atoms with E-state index < -0.39 is 0 Å². The molecule has 2 N–H and O–H groups in total. The summed E-state index contributed by atoms with van der Waals surface area (Å²) in [6, 6.07) is 8.47. The van der Waals surface area contributed by atoms with E-state index in [4.69, 9.17) is 0 Å². The predicted molar refractivity (Wildman–Crippen MR) is 90.1 cm³/mol. The highest BCUT2D eigenvalue weighted by Gasteiger charge is 2.24. The zero-order chi connectivity index (χ0) is 16.1. The summed E-state index contributed by atoms with van der Waals surface area (Å²) in [6.07, 6.45) is 4.97. The number of anilines is 1. The van der Waals surface area contributed by atoms with Gasteiger partial charge in [-0.3, -0.25) is 9.59 Å². The van der Waals surface area contributed by atoms with Crippen LogP contribution in [0.5, 0.6) is 0 Å². The van der Waals surface area contributed by atoms with Crippen LogP contribution in [-0.2, 0) is 16.1 Å². The Bertz CT molecular complexity index is 540. The minimum atomic E-state index is -0.0969. The van der Waals surface area contributed by atoms with Crippen molar-refractivity contribution in [3.8, 4) is 0 Å². The number of nitrogens with zero attached hydrogens (tertiary/aromatic N) is 1. The van der Waals surface area contributed by atoms with E-state index in [1.807, 2.05) is 0 Å². The number of carbonyl (C=O) groups is 2. The van der Waals surface area contributed by atoms with Crippen molar-refractivity contribution in [2.24, 2.45) is 5.92 Å². The Morgan fingerprint density at radius 2 is 1.91 bits per heavy atom. The fourth-order valence-corrected chi connectivity index (χ4v) is 3.27. The third kappa shape index (κ3) is 4.24. The molecule has 0 saturated carbocycles. The summed E-state index contributed by atoms with van der Waals surface area (Å²) in [5.74, 6) is -0.0206. The molecule has 2 amide bonds. The van der Waals surface area contributed by atoms with Crippen molar-refractivity contribution in [2.75, 3.05) is 24.5 Å². The summed E-state index contributed by atoms with van der Waals surface area (Å²) in [5.41, 5.74) is 2.38. The molecule has 1 aromatic rings. The van der Waals surface area contributed by atoms with Crippen LogP contribution < -0.4 is 15.5 Å². The first-order chi connectivity index (χ1) is 11.2. The summed E-state index contributed by atoms with van der Waals surface area (Å²) < 4.78 is 0. The smallest absolute Gasteiger partial charge is 0.225 e.